The van der Waals surface area contributed by atoms with E-state index in [1.54, 1.807) is 24.3 Å². The number of carbonyl (C=O) groups is 1. The second-order valence-corrected chi connectivity index (χ2v) is 5.78. The highest BCUT2D eigenvalue weighted by molar-refractivity contribution is 5.89. The lowest BCUT2D eigenvalue weighted by atomic mass is 10.2. The van der Waals surface area contributed by atoms with Crippen molar-refractivity contribution in [2.24, 2.45) is 0 Å². The van der Waals surface area contributed by atoms with Gasteiger partial charge in [-0.05, 0) is 24.1 Å². The van der Waals surface area contributed by atoms with E-state index in [0.29, 0.717) is 31.4 Å². The number of ether oxygens (including phenoxy) is 2. The Kier molecular flexibility index (Phi) is 8.99. The fourth-order valence-electron chi connectivity index (χ4n) is 2.25. The Morgan fingerprint density at radius 2 is 1.69 bits per heavy atom. The monoisotopic (exact) mass is 352 g/mol. The summed E-state index contributed by atoms with van der Waals surface area (Å²) in [4.78, 5) is 12.3. The third kappa shape index (κ3) is 7.52. The van der Waals surface area contributed by atoms with Crippen molar-refractivity contribution in [1.82, 2.24) is 0 Å². The Morgan fingerprint density at radius 1 is 1.00 bits per heavy atom. The molecule has 0 heterocycles. The summed E-state index contributed by atoms with van der Waals surface area (Å²) in [5.41, 5.74) is 1.57. The summed E-state index contributed by atoms with van der Waals surface area (Å²) in [5.74, 6) is 5.61. The number of esters is 1. The molecule has 0 amide bonds. The van der Waals surface area contributed by atoms with Crippen LogP contribution in [-0.2, 0) is 16.1 Å². The summed E-state index contributed by atoms with van der Waals surface area (Å²) in [6.07, 6.45) is 1.24. The number of hydrogen-bond donors (Lipinski definition) is 1. The topological polar surface area (TPSA) is 55.8 Å². The maximum absolute atomic E-state index is 12.3. The Labute approximate surface area is 154 Å². The molecule has 2 aromatic rings. The van der Waals surface area contributed by atoms with E-state index in [9.17, 15) is 4.79 Å². The van der Waals surface area contributed by atoms with E-state index in [0.717, 1.165) is 5.56 Å². The van der Waals surface area contributed by atoms with Crippen molar-refractivity contribution in [2.45, 2.75) is 32.0 Å². The lowest BCUT2D eigenvalue weighted by Crippen LogP contribution is -2.23. The number of aliphatic hydroxyl groups is 1. The minimum atomic E-state index is -0.437. The summed E-state index contributed by atoms with van der Waals surface area (Å²) in [5, 5.41) is 8.79. The van der Waals surface area contributed by atoms with Gasteiger partial charge in [0.15, 0.2) is 0 Å². The molecule has 26 heavy (non-hydrogen) atoms. The van der Waals surface area contributed by atoms with E-state index >= 15 is 0 Å². The lowest BCUT2D eigenvalue weighted by Gasteiger charge is -2.16. The summed E-state index contributed by atoms with van der Waals surface area (Å²) in [6, 6.07) is 18.7. The van der Waals surface area contributed by atoms with Crippen LogP contribution in [0, 0.1) is 11.8 Å². The smallest absolute Gasteiger partial charge is 0.338 e. The first kappa shape index (κ1) is 19.7. The van der Waals surface area contributed by atoms with Crippen LogP contribution >= 0.6 is 0 Å². The molecule has 136 valence electrons. The minimum Gasteiger partial charge on any atom is -0.455 e. The molecule has 1 atom stereocenters. The van der Waals surface area contributed by atoms with Crippen molar-refractivity contribution < 1.29 is 19.4 Å². The maximum Gasteiger partial charge on any atom is 0.338 e. The van der Waals surface area contributed by atoms with Gasteiger partial charge in [0.1, 0.15) is 6.10 Å². The molecule has 0 saturated heterocycles. The van der Waals surface area contributed by atoms with Gasteiger partial charge in [0, 0.05) is 19.4 Å². The largest absolute Gasteiger partial charge is 0.455 e. The molecular weight excluding hydrogens is 328 g/mol. The van der Waals surface area contributed by atoms with Crippen molar-refractivity contribution in [3.63, 3.8) is 0 Å². The first-order chi connectivity index (χ1) is 12.8. The molecule has 4 nitrogen and oxygen atoms in total. The number of hydrogen-bond acceptors (Lipinski definition) is 4. The molecule has 0 radical (unpaired) electrons. The third-order valence-electron chi connectivity index (χ3n) is 3.61. The Balaban J connectivity index is 1.89. The fraction of sp³-hybridized carbons (Fsp3) is 0.318. The molecule has 0 spiro atoms. The van der Waals surface area contributed by atoms with Crippen molar-refractivity contribution >= 4 is 5.97 Å². The van der Waals surface area contributed by atoms with Crippen LogP contribution in [-0.4, -0.2) is 30.4 Å². The van der Waals surface area contributed by atoms with Crippen LogP contribution in [0.1, 0.15) is 35.2 Å². The van der Waals surface area contributed by atoms with Gasteiger partial charge in [-0.2, -0.15) is 0 Å². The Morgan fingerprint density at radius 3 is 2.38 bits per heavy atom. The fourth-order valence-corrected chi connectivity index (χ4v) is 2.25. The van der Waals surface area contributed by atoms with Gasteiger partial charge in [0.25, 0.3) is 0 Å². The van der Waals surface area contributed by atoms with Crippen LogP contribution in [0.15, 0.2) is 60.7 Å². The quantitative estimate of drug-likeness (QED) is 0.426. The second kappa shape index (κ2) is 11.9. The lowest BCUT2D eigenvalue weighted by molar-refractivity contribution is -0.00630. The van der Waals surface area contributed by atoms with E-state index < -0.39 is 6.10 Å². The second-order valence-electron chi connectivity index (χ2n) is 5.78. The highest BCUT2D eigenvalue weighted by Gasteiger charge is 2.15. The molecule has 1 N–H and O–H groups in total. The van der Waals surface area contributed by atoms with Crippen LogP contribution in [0.3, 0.4) is 0 Å². The summed E-state index contributed by atoms with van der Waals surface area (Å²) in [7, 11) is 0. The first-order valence-corrected chi connectivity index (χ1v) is 8.74. The van der Waals surface area contributed by atoms with Gasteiger partial charge in [-0.15, -0.1) is 5.92 Å². The molecular formula is C22H24O4. The molecule has 2 aromatic carbocycles. The van der Waals surface area contributed by atoms with E-state index in [1.165, 1.54) is 0 Å². The van der Waals surface area contributed by atoms with Crippen LogP contribution in [0.25, 0.3) is 0 Å². The highest BCUT2D eigenvalue weighted by atomic mass is 16.6. The summed E-state index contributed by atoms with van der Waals surface area (Å²) < 4.78 is 11.3. The zero-order valence-electron chi connectivity index (χ0n) is 14.8. The van der Waals surface area contributed by atoms with Gasteiger partial charge in [-0.25, -0.2) is 4.79 Å². The number of unbranched alkanes of at least 4 members (excludes halogenated alkanes) is 1. The Bertz CT molecular complexity index is 701. The average Bonchev–Trinajstić information content (AvgIpc) is 2.69. The van der Waals surface area contributed by atoms with Crippen LogP contribution < -0.4 is 0 Å². The van der Waals surface area contributed by atoms with E-state index in [2.05, 4.69) is 11.8 Å². The molecule has 0 saturated carbocycles. The zero-order chi connectivity index (χ0) is 18.5. The molecule has 0 aliphatic rings. The van der Waals surface area contributed by atoms with E-state index in [-0.39, 0.29) is 19.2 Å². The van der Waals surface area contributed by atoms with Crippen molar-refractivity contribution in [2.75, 3.05) is 13.2 Å². The average molecular weight is 352 g/mol. The number of benzene rings is 2. The van der Waals surface area contributed by atoms with Crippen LogP contribution in [0.2, 0.25) is 0 Å². The minimum absolute atomic E-state index is 0.126. The Hall–Kier alpha value is -2.61. The molecule has 0 aromatic heterocycles. The van der Waals surface area contributed by atoms with Gasteiger partial charge in [0.05, 0.1) is 18.8 Å². The molecule has 0 aliphatic carbocycles. The van der Waals surface area contributed by atoms with Gasteiger partial charge in [0.2, 0.25) is 0 Å². The first-order valence-electron chi connectivity index (χ1n) is 8.74. The van der Waals surface area contributed by atoms with Gasteiger partial charge in [-0.3, -0.25) is 0 Å². The van der Waals surface area contributed by atoms with Gasteiger partial charge < -0.3 is 14.6 Å². The molecule has 0 bridgehead atoms. The van der Waals surface area contributed by atoms with E-state index in [4.69, 9.17) is 14.6 Å². The SMILES string of the molecule is O=C(O[C@@H](CC#CCCCO)COCc1ccccc1)c1ccccc1. The zero-order valence-corrected chi connectivity index (χ0v) is 14.8. The van der Waals surface area contributed by atoms with Crippen molar-refractivity contribution in [1.29, 1.82) is 0 Å². The third-order valence-corrected chi connectivity index (χ3v) is 3.61. The van der Waals surface area contributed by atoms with Crippen molar-refractivity contribution in [3.8, 4) is 11.8 Å². The highest BCUT2D eigenvalue weighted by Crippen LogP contribution is 2.08. The maximum atomic E-state index is 12.3. The predicted octanol–water partition coefficient (Wildman–Crippen LogP) is 3.59. The van der Waals surface area contributed by atoms with Gasteiger partial charge in [-0.1, -0.05) is 54.5 Å². The normalized spacial score (nSPS) is 11.3. The molecule has 0 unspecified atom stereocenters. The standard InChI is InChI=1S/C22H24O4/c23-16-10-2-1-9-15-21(18-25-17-19-11-5-3-6-12-19)26-22(24)20-13-7-4-8-14-20/h3-8,11-14,21,23H,2,10,15-18H2/t21-/m0/s1. The van der Waals surface area contributed by atoms with Gasteiger partial charge >= 0.3 is 5.97 Å². The summed E-state index contributed by atoms with van der Waals surface area (Å²) in [6.45, 7) is 0.863. The molecule has 0 aliphatic heterocycles. The summed E-state index contributed by atoms with van der Waals surface area (Å²) >= 11 is 0. The van der Waals surface area contributed by atoms with Crippen LogP contribution in [0.4, 0.5) is 0 Å². The number of carbonyl (C=O) groups excluding carboxylic acids is 1. The molecule has 2 rings (SSSR count). The number of rotatable bonds is 9. The van der Waals surface area contributed by atoms with E-state index in [1.807, 2.05) is 36.4 Å². The predicted molar refractivity (Wildman–Crippen MR) is 100 cm³/mol. The molecule has 0 fully saturated rings. The van der Waals surface area contributed by atoms with Crippen molar-refractivity contribution in [3.05, 3.63) is 71.8 Å². The molecule has 4 heteroatoms. The van der Waals surface area contributed by atoms with Crippen LogP contribution in [0.5, 0.6) is 0 Å². The number of aliphatic hydroxyl groups excluding tert-OH is 1.